The number of rotatable bonds is 9. The first-order valence-corrected chi connectivity index (χ1v) is 9.01. The number of anilines is 2. The maximum Gasteiger partial charge on any atom is 0.316 e. The average Bonchev–Trinajstić information content (AvgIpc) is 2.95. The quantitative estimate of drug-likeness (QED) is 0.497. The number of nitrogen functional groups attached to an aromatic ring is 1. The number of nitrogens with one attached hydrogen (secondary N) is 1. The van der Waals surface area contributed by atoms with E-state index in [2.05, 4.69) is 15.5 Å². The summed E-state index contributed by atoms with van der Waals surface area (Å²) in [5, 5.41) is 10.8. The van der Waals surface area contributed by atoms with Crippen LogP contribution in [0.2, 0.25) is 0 Å². The van der Waals surface area contributed by atoms with Gasteiger partial charge < -0.3 is 20.5 Å². The maximum atomic E-state index is 12.3. The second-order valence-corrected chi connectivity index (χ2v) is 5.97. The molecule has 1 aromatic heterocycles. The number of carbonyl (C=O) groups excluding carboxylic acids is 2. The molecule has 26 heavy (non-hydrogen) atoms. The highest BCUT2D eigenvalue weighted by Gasteiger charge is 2.15. The zero-order chi connectivity index (χ0) is 18.9. The van der Waals surface area contributed by atoms with Gasteiger partial charge in [0.2, 0.25) is 11.9 Å². The van der Waals surface area contributed by atoms with Crippen LogP contribution in [0.4, 0.5) is 11.6 Å². The van der Waals surface area contributed by atoms with Gasteiger partial charge in [-0.2, -0.15) is 0 Å². The second-order valence-electron chi connectivity index (χ2n) is 5.03. The van der Waals surface area contributed by atoms with Crippen LogP contribution in [-0.4, -0.2) is 45.6 Å². The van der Waals surface area contributed by atoms with E-state index in [1.165, 1.54) is 4.57 Å². The van der Waals surface area contributed by atoms with Crippen molar-refractivity contribution in [1.29, 1.82) is 0 Å². The van der Waals surface area contributed by atoms with E-state index in [0.717, 1.165) is 17.5 Å². The first-order chi connectivity index (χ1) is 12.5. The van der Waals surface area contributed by atoms with Crippen molar-refractivity contribution in [2.45, 2.75) is 25.5 Å². The van der Waals surface area contributed by atoms with E-state index in [4.69, 9.17) is 15.2 Å². The molecule has 2 aromatic rings. The number of carbonyl (C=O) groups is 2. The lowest BCUT2D eigenvalue weighted by Crippen LogP contribution is -2.20. The van der Waals surface area contributed by atoms with E-state index in [-0.39, 0.29) is 30.1 Å². The summed E-state index contributed by atoms with van der Waals surface area (Å²) in [6.45, 7) is 4.44. The molecule has 0 radical (unpaired) electrons. The van der Waals surface area contributed by atoms with Gasteiger partial charge in [0.15, 0.2) is 5.16 Å². The zero-order valence-corrected chi connectivity index (χ0v) is 15.4. The molecule has 140 valence electrons. The molecule has 2 rings (SSSR count). The standard InChI is InChI=1S/C16H21N5O4S/c1-3-24-12-7-5-11(6-8-12)18-13(22)9-21-15(17)19-20-16(21)26-10-14(23)25-4-2/h5-8H,3-4,9-10H2,1-2H3,(H2,17,19)(H,18,22). The summed E-state index contributed by atoms with van der Waals surface area (Å²) in [5.41, 5.74) is 6.40. The van der Waals surface area contributed by atoms with E-state index in [9.17, 15) is 9.59 Å². The molecule has 0 aliphatic rings. The monoisotopic (exact) mass is 379 g/mol. The summed E-state index contributed by atoms with van der Waals surface area (Å²) in [6.07, 6.45) is 0. The fourth-order valence-electron chi connectivity index (χ4n) is 2.03. The van der Waals surface area contributed by atoms with Gasteiger partial charge in [-0.25, -0.2) is 0 Å². The number of ether oxygens (including phenoxy) is 2. The van der Waals surface area contributed by atoms with Gasteiger partial charge in [0.1, 0.15) is 12.3 Å². The predicted molar refractivity (Wildman–Crippen MR) is 98.0 cm³/mol. The molecule has 1 aromatic carbocycles. The molecule has 0 atom stereocenters. The van der Waals surface area contributed by atoms with Crippen LogP contribution in [0.25, 0.3) is 0 Å². The number of nitrogens with zero attached hydrogens (tertiary/aromatic N) is 3. The highest BCUT2D eigenvalue weighted by atomic mass is 32.2. The van der Waals surface area contributed by atoms with Gasteiger partial charge in [0, 0.05) is 5.69 Å². The molecule has 0 fully saturated rings. The van der Waals surface area contributed by atoms with Gasteiger partial charge in [0.25, 0.3) is 0 Å². The third-order valence-corrected chi connectivity index (χ3v) is 4.06. The summed E-state index contributed by atoms with van der Waals surface area (Å²) < 4.78 is 11.7. The van der Waals surface area contributed by atoms with Crippen LogP contribution in [-0.2, 0) is 20.9 Å². The van der Waals surface area contributed by atoms with Crippen LogP contribution in [0.15, 0.2) is 29.4 Å². The van der Waals surface area contributed by atoms with E-state index >= 15 is 0 Å². The Hall–Kier alpha value is -2.75. The minimum atomic E-state index is -0.371. The maximum absolute atomic E-state index is 12.3. The van der Waals surface area contributed by atoms with Crippen LogP contribution < -0.4 is 15.8 Å². The molecular weight excluding hydrogens is 358 g/mol. The number of thioether (sulfide) groups is 1. The van der Waals surface area contributed by atoms with E-state index < -0.39 is 0 Å². The number of esters is 1. The molecule has 0 spiro atoms. The van der Waals surface area contributed by atoms with Crippen molar-refractivity contribution >= 4 is 35.3 Å². The van der Waals surface area contributed by atoms with E-state index in [0.29, 0.717) is 24.1 Å². The SMILES string of the molecule is CCOC(=O)CSc1nnc(N)n1CC(=O)Nc1ccc(OCC)cc1. The lowest BCUT2D eigenvalue weighted by Gasteiger charge is -2.09. The first-order valence-electron chi connectivity index (χ1n) is 8.03. The van der Waals surface area contributed by atoms with Gasteiger partial charge >= 0.3 is 5.97 Å². The van der Waals surface area contributed by atoms with Gasteiger partial charge in [-0.15, -0.1) is 10.2 Å². The minimum Gasteiger partial charge on any atom is -0.494 e. The van der Waals surface area contributed by atoms with Gasteiger partial charge in [-0.3, -0.25) is 14.2 Å². The summed E-state index contributed by atoms with van der Waals surface area (Å²) in [6, 6.07) is 7.03. The Morgan fingerprint density at radius 3 is 2.58 bits per heavy atom. The Morgan fingerprint density at radius 2 is 1.92 bits per heavy atom. The lowest BCUT2D eigenvalue weighted by molar-refractivity contribution is -0.139. The number of hydrogen-bond acceptors (Lipinski definition) is 8. The fraction of sp³-hybridized carbons (Fsp3) is 0.375. The molecule has 9 nitrogen and oxygen atoms in total. The van der Waals surface area contributed by atoms with Crippen molar-refractivity contribution in [2.24, 2.45) is 0 Å². The molecule has 0 bridgehead atoms. The summed E-state index contributed by atoms with van der Waals surface area (Å²) in [5.74, 6) is 0.222. The molecule has 1 amide bonds. The van der Waals surface area contributed by atoms with Crippen molar-refractivity contribution in [3.8, 4) is 5.75 Å². The Balaban J connectivity index is 1.95. The van der Waals surface area contributed by atoms with Gasteiger partial charge in [0.05, 0.1) is 19.0 Å². The lowest BCUT2D eigenvalue weighted by atomic mass is 10.3. The van der Waals surface area contributed by atoms with Gasteiger partial charge in [-0.1, -0.05) is 11.8 Å². The molecule has 3 N–H and O–H groups in total. The minimum absolute atomic E-state index is 0.0620. The summed E-state index contributed by atoms with van der Waals surface area (Å²) in [4.78, 5) is 23.7. The fourth-order valence-corrected chi connectivity index (χ4v) is 2.77. The molecule has 0 saturated heterocycles. The van der Waals surface area contributed by atoms with Crippen molar-refractivity contribution in [2.75, 3.05) is 30.0 Å². The van der Waals surface area contributed by atoms with Crippen LogP contribution in [0.5, 0.6) is 5.75 Å². The van der Waals surface area contributed by atoms with Crippen LogP contribution in [0.1, 0.15) is 13.8 Å². The van der Waals surface area contributed by atoms with Crippen molar-refractivity contribution in [3.63, 3.8) is 0 Å². The van der Waals surface area contributed by atoms with Gasteiger partial charge in [-0.05, 0) is 38.1 Å². The highest BCUT2D eigenvalue weighted by molar-refractivity contribution is 7.99. The first kappa shape index (κ1) is 19.6. The largest absolute Gasteiger partial charge is 0.494 e. The van der Waals surface area contributed by atoms with Crippen LogP contribution >= 0.6 is 11.8 Å². The Morgan fingerprint density at radius 1 is 1.19 bits per heavy atom. The summed E-state index contributed by atoms with van der Waals surface area (Å²) in [7, 11) is 0. The average molecular weight is 379 g/mol. The molecule has 1 heterocycles. The molecular formula is C16H21N5O4S. The predicted octanol–water partition coefficient (Wildman–Crippen LogP) is 1.55. The Bertz CT molecular complexity index is 748. The third kappa shape index (κ3) is 5.66. The number of nitrogens with two attached hydrogens (primary N) is 1. The normalized spacial score (nSPS) is 10.4. The Kier molecular flexibility index (Phi) is 7.27. The molecule has 0 aliphatic carbocycles. The van der Waals surface area contributed by atoms with Crippen molar-refractivity contribution in [1.82, 2.24) is 14.8 Å². The van der Waals surface area contributed by atoms with Crippen molar-refractivity contribution < 1.29 is 19.1 Å². The summed E-state index contributed by atoms with van der Waals surface area (Å²) >= 11 is 1.11. The van der Waals surface area contributed by atoms with Crippen molar-refractivity contribution in [3.05, 3.63) is 24.3 Å². The smallest absolute Gasteiger partial charge is 0.316 e. The molecule has 10 heteroatoms. The third-order valence-electron chi connectivity index (χ3n) is 3.12. The number of benzene rings is 1. The Labute approximate surface area is 155 Å². The van der Waals surface area contributed by atoms with Crippen LogP contribution in [0, 0.1) is 0 Å². The van der Waals surface area contributed by atoms with Crippen LogP contribution in [0.3, 0.4) is 0 Å². The number of hydrogen-bond donors (Lipinski definition) is 2. The van der Waals surface area contributed by atoms with E-state index in [1.54, 1.807) is 31.2 Å². The number of amides is 1. The highest BCUT2D eigenvalue weighted by Crippen LogP contribution is 2.19. The number of aromatic nitrogens is 3. The zero-order valence-electron chi connectivity index (χ0n) is 14.6. The van der Waals surface area contributed by atoms with E-state index in [1.807, 2.05) is 6.92 Å². The topological polar surface area (TPSA) is 121 Å². The molecule has 0 saturated carbocycles. The molecule has 0 aliphatic heterocycles. The molecule has 0 unspecified atom stereocenters. The second kappa shape index (κ2) is 9.66.